The first kappa shape index (κ1) is 31.5. The van der Waals surface area contributed by atoms with Gasteiger partial charge in [-0.1, -0.05) is 83.6 Å². The van der Waals surface area contributed by atoms with Crippen molar-refractivity contribution in [3.63, 3.8) is 0 Å². The minimum Gasteiger partial charge on any atom is -0.493 e. The van der Waals surface area contributed by atoms with Gasteiger partial charge in [-0.2, -0.15) is 5.26 Å². The normalized spacial score (nSPS) is 14.2. The Hall–Kier alpha value is -5.43. The third-order valence-electron chi connectivity index (χ3n) is 7.52. The maximum Gasteiger partial charge on any atom is 0.338 e. The predicted octanol–water partition coefficient (Wildman–Crippen LogP) is 6.05. The number of nitrogens with zero attached hydrogens (tertiary/aromatic N) is 3. The number of nitriles is 1. The van der Waals surface area contributed by atoms with Crippen molar-refractivity contribution in [3.05, 3.63) is 155 Å². The molecule has 0 saturated heterocycles. The van der Waals surface area contributed by atoms with E-state index in [0.717, 1.165) is 11.1 Å². The summed E-state index contributed by atoms with van der Waals surface area (Å²) in [6, 6.07) is 30.3. The molecular formula is C37H28ClN3O5S. The molecule has 1 aliphatic heterocycles. The Morgan fingerprint density at radius 2 is 1.77 bits per heavy atom. The minimum absolute atomic E-state index is 0.164. The Kier molecular flexibility index (Phi) is 9.34. The molecular weight excluding hydrogens is 634 g/mol. The number of fused-ring (bicyclic) bond motifs is 1. The Morgan fingerprint density at radius 3 is 2.45 bits per heavy atom. The summed E-state index contributed by atoms with van der Waals surface area (Å²) in [7, 11) is 1.55. The van der Waals surface area contributed by atoms with Crippen LogP contribution in [0.2, 0.25) is 5.02 Å². The van der Waals surface area contributed by atoms with Gasteiger partial charge in [0, 0.05) is 10.6 Å². The van der Waals surface area contributed by atoms with E-state index in [0.29, 0.717) is 48.2 Å². The lowest BCUT2D eigenvalue weighted by Gasteiger charge is -2.25. The molecule has 47 heavy (non-hydrogen) atoms. The number of benzene rings is 4. The van der Waals surface area contributed by atoms with Crippen LogP contribution in [0, 0.1) is 11.3 Å². The summed E-state index contributed by atoms with van der Waals surface area (Å²) in [5, 5.41) is 9.57. The van der Waals surface area contributed by atoms with Gasteiger partial charge in [0.25, 0.3) is 5.56 Å². The second-order valence-electron chi connectivity index (χ2n) is 10.5. The molecule has 1 aliphatic rings. The Bertz CT molecular complexity index is 2200. The molecule has 0 spiro atoms. The van der Waals surface area contributed by atoms with Gasteiger partial charge in [0.05, 0.1) is 47.2 Å². The van der Waals surface area contributed by atoms with E-state index in [9.17, 15) is 9.59 Å². The number of thiazole rings is 1. The van der Waals surface area contributed by atoms with Crippen molar-refractivity contribution in [1.29, 1.82) is 5.26 Å². The number of rotatable bonds is 9. The topological polar surface area (TPSA) is 103 Å². The number of hydrogen-bond donors (Lipinski definition) is 0. The molecule has 0 fully saturated rings. The lowest BCUT2D eigenvalue weighted by Crippen LogP contribution is -2.40. The van der Waals surface area contributed by atoms with Gasteiger partial charge in [-0.25, -0.2) is 9.79 Å². The lowest BCUT2D eigenvalue weighted by atomic mass is 9.93. The second-order valence-corrected chi connectivity index (χ2v) is 11.9. The van der Waals surface area contributed by atoms with Crippen molar-refractivity contribution >= 4 is 40.7 Å². The maximum absolute atomic E-state index is 14.2. The van der Waals surface area contributed by atoms with Gasteiger partial charge in [0.2, 0.25) is 0 Å². The van der Waals surface area contributed by atoms with Crippen LogP contribution in [0.1, 0.15) is 40.8 Å². The van der Waals surface area contributed by atoms with E-state index in [4.69, 9.17) is 36.1 Å². The summed E-state index contributed by atoms with van der Waals surface area (Å²) in [6.07, 6.45) is 1.77. The monoisotopic (exact) mass is 661 g/mol. The molecule has 0 saturated carbocycles. The third-order valence-corrected chi connectivity index (χ3v) is 8.76. The number of carbonyl (C=O) groups excluding carboxylic acids is 1. The maximum atomic E-state index is 14.2. The van der Waals surface area contributed by atoms with Crippen LogP contribution < -0.4 is 24.4 Å². The molecule has 4 aromatic carbocycles. The molecule has 8 nitrogen and oxygen atoms in total. The van der Waals surface area contributed by atoms with E-state index in [1.807, 2.05) is 48.5 Å². The number of hydrogen-bond acceptors (Lipinski definition) is 8. The SMILES string of the molecule is CCOC(=O)C1=C(c2ccccc2)N=c2s/c(=C\c3ccc(OCc4ccc(C#N)cc4)c(OC)c3)c(=O)n2[C@@H]1c1ccc(Cl)cc1. The Balaban J connectivity index is 1.44. The van der Waals surface area contributed by atoms with Gasteiger partial charge in [0.1, 0.15) is 6.61 Å². The van der Waals surface area contributed by atoms with Crippen LogP contribution in [0.15, 0.2) is 112 Å². The van der Waals surface area contributed by atoms with Gasteiger partial charge >= 0.3 is 5.97 Å². The minimum atomic E-state index is -0.799. The fourth-order valence-electron chi connectivity index (χ4n) is 5.28. The molecule has 1 aromatic heterocycles. The Labute approximate surface area is 279 Å². The first-order valence-electron chi connectivity index (χ1n) is 14.7. The molecule has 234 valence electrons. The number of aromatic nitrogens is 1. The average molecular weight is 662 g/mol. The first-order valence-corrected chi connectivity index (χ1v) is 15.9. The smallest absolute Gasteiger partial charge is 0.338 e. The predicted molar refractivity (Wildman–Crippen MR) is 181 cm³/mol. The van der Waals surface area contributed by atoms with E-state index < -0.39 is 12.0 Å². The standard InChI is InChI=1S/C37H28ClN3O5S/c1-3-45-36(43)32-33(26-7-5-4-6-8-26)40-37-41(34(32)27-14-16-28(38)17-15-27)35(42)31(47-37)20-25-13-18-29(30(19-25)44-2)46-22-24-11-9-23(21-39)10-12-24/h4-20,34H,3,22H2,1-2H3/b31-20-/t34-/m1/s1. The fraction of sp³-hybridized carbons (Fsp3) is 0.135. The van der Waals surface area contributed by atoms with E-state index in [1.54, 1.807) is 73.2 Å². The largest absolute Gasteiger partial charge is 0.493 e. The van der Waals surface area contributed by atoms with Crippen LogP contribution >= 0.6 is 22.9 Å². The van der Waals surface area contributed by atoms with Gasteiger partial charge in [0.15, 0.2) is 16.3 Å². The summed E-state index contributed by atoms with van der Waals surface area (Å²) >= 11 is 7.46. The molecule has 0 amide bonds. The number of methoxy groups -OCH3 is 1. The van der Waals surface area contributed by atoms with Crippen molar-refractivity contribution in [2.24, 2.45) is 4.99 Å². The zero-order chi connectivity index (χ0) is 32.9. The molecule has 1 atom stereocenters. The average Bonchev–Trinajstić information content (AvgIpc) is 3.41. The number of esters is 1. The van der Waals surface area contributed by atoms with Crippen molar-refractivity contribution in [3.8, 4) is 17.6 Å². The number of ether oxygens (including phenoxy) is 3. The highest BCUT2D eigenvalue weighted by molar-refractivity contribution is 7.07. The van der Waals surface area contributed by atoms with E-state index in [1.165, 1.54) is 11.3 Å². The number of carbonyl (C=O) groups is 1. The third kappa shape index (κ3) is 6.61. The van der Waals surface area contributed by atoms with Gasteiger partial charge in [-0.05, 0) is 66.1 Å². The molecule has 2 heterocycles. The van der Waals surface area contributed by atoms with Crippen LogP contribution in [0.5, 0.6) is 11.5 Å². The first-order chi connectivity index (χ1) is 22.9. The molecule has 0 radical (unpaired) electrons. The summed E-state index contributed by atoms with van der Waals surface area (Å²) in [4.78, 5) is 33.1. The molecule has 0 N–H and O–H groups in total. The lowest BCUT2D eigenvalue weighted by molar-refractivity contribution is -0.138. The van der Waals surface area contributed by atoms with Crippen LogP contribution in [0.25, 0.3) is 11.8 Å². The summed E-state index contributed by atoms with van der Waals surface area (Å²) in [5.74, 6) is 0.477. The van der Waals surface area contributed by atoms with E-state index in [2.05, 4.69) is 6.07 Å². The highest BCUT2D eigenvalue weighted by Crippen LogP contribution is 2.35. The van der Waals surface area contributed by atoms with Crippen LogP contribution in [-0.2, 0) is 16.1 Å². The summed E-state index contributed by atoms with van der Waals surface area (Å²) in [5.41, 5.74) is 4.04. The van der Waals surface area contributed by atoms with E-state index in [-0.39, 0.29) is 24.3 Å². The van der Waals surface area contributed by atoms with Crippen molar-refractivity contribution in [1.82, 2.24) is 4.57 Å². The van der Waals surface area contributed by atoms with E-state index >= 15 is 0 Å². The number of halogens is 1. The molecule has 5 aromatic rings. The van der Waals surface area contributed by atoms with Crippen molar-refractivity contribution in [2.45, 2.75) is 19.6 Å². The molecule has 6 rings (SSSR count). The fourth-order valence-corrected chi connectivity index (χ4v) is 6.41. The summed E-state index contributed by atoms with van der Waals surface area (Å²) < 4.78 is 19.1. The highest BCUT2D eigenvalue weighted by Gasteiger charge is 2.35. The second kappa shape index (κ2) is 13.9. The van der Waals surface area contributed by atoms with Gasteiger partial charge in [-0.3, -0.25) is 9.36 Å². The van der Waals surface area contributed by atoms with Crippen LogP contribution in [-0.4, -0.2) is 24.3 Å². The summed E-state index contributed by atoms with van der Waals surface area (Å²) in [6.45, 7) is 2.19. The van der Waals surface area contributed by atoms with Crippen LogP contribution in [0.4, 0.5) is 0 Å². The van der Waals surface area contributed by atoms with Crippen molar-refractivity contribution < 1.29 is 19.0 Å². The zero-order valence-corrected chi connectivity index (χ0v) is 27.0. The quantitative estimate of drug-likeness (QED) is 0.178. The Morgan fingerprint density at radius 1 is 1.02 bits per heavy atom. The van der Waals surface area contributed by atoms with Gasteiger partial charge < -0.3 is 14.2 Å². The molecule has 10 heteroatoms. The van der Waals surface area contributed by atoms with Crippen LogP contribution in [0.3, 0.4) is 0 Å². The van der Waals surface area contributed by atoms with Crippen molar-refractivity contribution in [2.75, 3.05) is 13.7 Å². The molecule has 0 unspecified atom stereocenters. The zero-order valence-electron chi connectivity index (χ0n) is 25.5. The highest BCUT2D eigenvalue weighted by atomic mass is 35.5. The van der Waals surface area contributed by atoms with Gasteiger partial charge in [-0.15, -0.1) is 0 Å². The molecule has 0 aliphatic carbocycles. The molecule has 0 bridgehead atoms.